The Morgan fingerprint density at radius 1 is 1.07 bits per heavy atom. The molecule has 2 heterocycles. The van der Waals surface area contributed by atoms with Crippen LogP contribution in [0.4, 0.5) is 5.82 Å². The van der Waals surface area contributed by atoms with E-state index in [0.717, 1.165) is 58.7 Å². The van der Waals surface area contributed by atoms with Crippen LogP contribution in [0.15, 0.2) is 47.1 Å². The number of anilines is 1. The van der Waals surface area contributed by atoms with E-state index in [4.69, 9.17) is 9.72 Å². The van der Waals surface area contributed by atoms with Crippen molar-refractivity contribution < 1.29 is 14.3 Å². The number of para-hydroxylation sites is 1. The number of ether oxygens (including phenoxy) is 1. The highest BCUT2D eigenvalue weighted by Gasteiger charge is 2.23. The van der Waals surface area contributed by atoms with E-state index in [9.17, 15) is 9.59 Å². The molecule has 1 N–H and O–H groups in total. The van der Waals surface area contributed by atoms with Gasteiger partial charge in [0.05, 0.1) is 11.1 Å². The van der Waals surface area contributed by atoms with E-state index in [1.54, 1.807) is 18.3 Å². The summed E-state index contributed by atoms with van der Waals surface area (Å²) in [7, 11) is 0. The van der Waals surface area contributed by atoms with Crippen LogP contribution in [-0.4, -0.2) is 28.5 Å². The Morgan fingerprint density at radius 3 is 2.72 bits per heavy atom. The molecule has 0 spiro atoms. The van der Waals surface area contributed by atoms with E-state index in [0.29, 0.717) is 11.4 Å². The van der Waals surface area contributed by atoms with Crippen molar-refractivity contribution in [3.05, 3.63) is 63.9 Å². The lowest BCUT2D eigenvalue weighted by Crippen LogP contribution is -2.22. The number of benzene rings is 1. The van der Waals surface area contributed by atoms with Gasteiger partial charge in [-0.25, -0.2) is 9.78 Å². The molecule has 0 fully saturated rings. The molecule has 0 bridgehead atoms. The van der Waals surface area contributed by atoms with Crippen LogP contribution in [0.2, 0.25) is 0 Å². The van der Waals surface area contributed by atoms with Gasteiger partial charge in [-0.15, -0.1) is 0 Å². The molecule has 7 heteroatoms. The quantitative estimate of drug-likeness (QED) is 0.465. The first kappa shape index (κ1) is 19.5. The Bertz CT molecular complexity index is 1070. The molecule has 2 aromatic heterocycles. The second-order valence-corrected chi connectivity index (χ2v) is 7.89. The highest BCUT2D eigenvalue weighted by Crippen LogP contribution is 2.29. The number of hydrogen-bond acceptors (Lipinski definition) is 5. The Labute approximate surface area is 176 Å². The van der Waals surface area contributed by atoms with Crippen LogP contribution in [0.5, 0.6) is 0 Å². The number of esters is 1. The first-order chi connectivity index (χ1) is 14.1. The molecule has 1 aliphatic carbocycles. The maximum atomic E-state index is 13.0. The molecule has 0 radical (unpaired) electrons. The van der Waals surface area contributed by atoms with E-state index < -0.39 is 11.9 Å². The first-order valence-electron chi connectivity index (χ1n) is 9.61. The van der Waals surface area contributed by atoms with E-state index in [-0.39, 0.29) is 6.61 Å². The van der Waals surface area contributed by atoms with Gasteiger partial charge in [-0.1, -0.05) is 24.6 Å². The summed E-state index contributed by atoms with van der Waals surface area (Å²) in [6.07, 6.45) is 6.44. The van der Waals surface area contributed by atoms with Gasteiger partial charge in [0, 0.05) is 21.7 Å². The average Bonchev–Trinajstić information content (AvgIpc) is 2.97. The van der Waals surface area contributed by atoms with E-state index in [1.165, 1.54) is 0 Å². The number of aryl methyl sites for hydroxylation is 1. The van der Waals surface area contributed by atoms with Crippen molar-refractivity contribution in [3.63, 3.8) is 0 Å². The van der Waals surface area contributed by atoms with Gasteiger partial charge in [0.1, 0.15) is 5.82 Å². The Kier molecular flexibility index (Phi) is 5.85. The van der Waals surface area contributed by atoms with Crippen molar-refractivity contribution in [1.82, 2.24) is 9.97 Å². The molecule has 0 unspecified atom stereocenters. The molecular formula is C22H20BrN3O3. The third-order valence-electron chi connectivity index (χ3n) is 4.95. The minimum Gasteiger partial charge on any atom is -0.452 e. The predicted octanol–water partition coefficient (Wildman–Crippen LogP) is 4.46. The summed E-state index contributed by atoms with van der Waals surface area (Å²) >= 11 is 3.29. The molecular weight excluding hydrogens is 434 g/mol. The molecule has 3 aromatic rings. The van der Waals surface area contributed by atoms with Gasteiger partial charge in [0.25, 0.3) is 5.91 Å². The van der Waals surface area contributed by atoms with E-state index in [1.807, 2.05) is 24.3 Å². The topological polar surface area (TPSA) is 81.2 Å². The number of pyridine rings is 2. The molecule has 0 atom stereocenters. The summed E-state index contributed by atoms with van der Waals surface area (Å²) in [5.74, 6) is -0.518. The summed E-state index contributed by atoms with van der Waals surface area (Å²) in [4.78, 5) is 34.0. The van der Waals surface area contributed by atoms with Crippen LogP contribution in [0.1, 0.15) is 40.9 Å². The summed E-state index contributed by atoms with van der Waals surface area (Å²) in [5, 5.41) is 3.40. The Morgan fingerprint density at radius 2 is 1.90 bits per heavy atom. The lowest BCUT2D eigenvalue weighted by Gasteiger charge is -2.15. The minimum absolute atomic E-state index is 0.373. The zero-order valence-electron chi connectivity index (χ0n) is 15.8. The van der Waals surface area contributed by atoms with Crippen LogP contribution < -0.4 is 5.32 Å². The van der Waals surface area contributed by atoms with Gasteiger partial charge < -0.3 is 10.1 Å². The zero-order chi connectivity index (χ0) is 20.2. The number of aromatic nitrogens is 2. The fourth-order valence-corrected chi connectivity index (χ4v) is 3.85. The molecule has 148 valence electrons. The van der Waals surface area contributed by atoms with Crippen molar-refractivity contribution in [3.8, 4) is 0 Å². The summed E-state index contributed by atoms with van der Waals surface area (Å²) < 4.78 is 6.20. The van der Waals surface area contributed by atoms with Crippen LogP contribution in [-0.2, 0) is 22.4 Å². The van der Waals surface area contributed by atoms with Gasteiger partial charge in [0.15, 0.2) is 6.61 Å². The smallest absolute Gasteiger partial charge is 0.339 e. The van der Waals surface area contributed by atoms with E-state index in [2.05, 4.69) is 26.2 Å². The normalized spacial score (nSPS) is 13.4. The van der Waals surface area contributed by atoms with Crippen molar-refractivity contribution in [2.75, 3.05) is 11.9 Å². The highest BCUT2D eigenvalue weighted by molar-refractivity contribution is 9.10. The number of rotatable bonds is 4. The number of fused-ring (bicyclic) bond motifs is 2. The Balaban J connectivity index is 1.55. The van der Waals surface area contributed by atoms with Gasteiger partial charge >= 0.3 is 5.97 Å². The molecule has 29 heavy (non-hydrogen) atoms. The van der Waals surface area contributed by atoms with Crippen molar-refractivity contribution >= 4 is 44.5 Å². The van der Waals surface area contributed by atoms with Crippen molar-refractivity contribution in [1.29, 1.82) is 0 Å². The number of halogens is 1. The van der Waals surface area contributed by atoms with Gasteiger partial charge in [0.2, 0.25) is 0 Å². The van der Waals surface area contributed by atoms with Crippen molar-refractivity contribution in [2.45, 2.75) is 32.1 Å². The first-order valence-corrected chi connectivity index (χ1v) is 10.4. The van der Waals surface area contributed by atoms with Gasteiger partial charge in [-0.3, -0.25) is 9.78 Å². The number of nitrogens with one attached hydrogen (secondary N) is 1. The molecule has 1 aromatic carbocycles. The fourth-order valence-electron chi connectivity index (χ4n) is 3.61. The molecule has 0 saturated heterocycles. The average molecular weight is 454 g/mol. The molecule has 0 saturated carbocycles. The largest absolute Gasteiger partial charge is 0.452 e. The van der Waals surface area contributed by atoms with Crippen LogP contribution in [0, 0.1) is 0 Å². The minimum atomic E-state index is -0.485. The fraction of sp³-hybridized carbons (Fsp3) is 0.273. The standard InChI is InChI=1S/C22H20BrN3O3/c23-14-10-11-19(24-12-14)26-20(27)13-29-22(28)21-15-6-2-1-3-8-17(15)25-18-9-5-4-7-16(18)21/h4-5,7,9-12H,1-3,6,8,13H2,(H,24,26,27). The van der Waals surface area contributed by atoms with Crippen LogP contribution in [0.25, 0.3) is 10.9 Å². The summed E-state index contributed by atoms with van der Waals surface area (Å²) in [6.45, 7) is -0.373. The number of carbonyl (C=O) groups is 2. The zero-order valence-corrected chi connectivity index (χ0v) is 17.4. The number of carbonyl (C=O) groups excluding carboxylic acids is 2. The van der Waals surface area contributed by atoms with Crippen LogP contribution >= 0.6 is 15.9 Å². The van der Waals surface area contributed by atoms with Gasteiger partial charge in [-0.05, 0) is 65.4 Å². The molecule has 0 aliphatic heterocycles. The predicted molar refractivity (Wildman–Crippen MR) is 114 cm³/mol. The lowest BCUT2D eigenvalue weighted by molar-refractivity contribution is -0.119. The van der Waals surface area contributed by atoms with E-state index >= 15 is 0 Å². The SMILES string of the molecule is O=C(COC(=O)c1c2c(nc3ccccc13)CCCCC2)Nc1ccc(Br)cn1. The summed E-state index contributed by atoms with van der Waals surface area (Å²) in [5.41, 5.74) is 3.25. The van der Waals surface area contributed by atoms with Gasteiger partial charge in [-0.2, -0.15) is 0 Å². The number of nitrogens with zero attached hydrogens (tertiary/aromatic N) is 2. The van der Waals surface area contributed by atoms with Crippen LogP contribution in [0.3, 0.4) is 0 Å². The summed E-state index contributed by atoms with van der Waals surface area (Å²) in [6, 6.07) is 11.0. The monoisotopic (exact) mass is 453 g/mol. The highest BCUT2D eigenvalue weighted by atomic mass is 79.9. The lowest BCUT2D eigenvalue weighted by atomic mass is 9.97. The molecule has 6 nitrogen and oxygen atoms in total. The Hall–Kier alpha value is -2.80. The second kappa shape index (κ2) is 8.69. The second-order valence-electron chi connectivity index (χ2n) is 6.98. The molecule has 1 amide bonds. The molecule has 4 rings (SSSR count). The number of hydrogen-bond donors (Lipinski definition) is 1. The third kappa shape index (κ3) is 4.45. The maximum Gasteiger partial charge on any atom is 0.339 e. The van der Waals surface area contributed by atoms with Crippen molar-refractivity contribution in [2.24, 2.45) is 0 Å². The third-order valence-corrected chi connectivity index (χ3v) is 5.42. The molecule has 1 aliphatic rings. The maximum absolute atomic E-state index is 13.0. The number of amides is 1.